The topological polar surface area (TPSA) is 82.3 Å². The second-order valence-electron chi connectivity index (χ2n) is 8.55. The molecular formula is C26H24F3N5O2. The van der Waals surface area contributed by atoms with Crippen molar-refractivity contribution in [2.24, 2.45) is 0 Å². The number of carbonyl (C=O) groups excluding carboxylic acids is 1. The summed E-state index contributed by atoms with van der Waals surface area (Å²) in [5.74, 6) is -0.327. The van der Waals surface area contributed by atoms with Gasteiger partial charge in [0.1, 0.15) is 5.65 Å². The summed E-state index contributed by atoms with van der Waals surface area (Å²) in [5, 5.41) is 6.80. The number of halogens is 3. The van der Waals surface area contributed by atoms with E-state index < -0.39 is 11.7 Å². The lowest BCUT2D eigenvalue weighted by atomic mass is 10.1. The van der Waals surface area contributed by atoms with Crippen molar-refractivity contribution in [2.75, 3.05) is 41.8 Å². The third kappa shape index (κ3) is 4.85. The number of amides is 1. The van der Waals surface area contributed by atoms with E-state index in [4.69, 9.17) is 4.74 Å². The van der Waals surface area contributed by atoms with Crippen molar-refractivity contribution in [3.8, 4) is 0 Å². The van der Waals surface area contributed by atoms with Gasteiger partial charge in [-0.15, -0.1) is 0 Å². The molecule has 3 N–H and O–H groups in total. The quantitative estimate of drug-likeness (QED) is 0.330. The zero-order valence-corrected chi connectivity index (χ0v) is 19.4. The van der Waals surface area contributed by atoms with E-state index >= 15 is 0 Å². The van der Waals surface area contributed by atoms with Crippen molar-refractivity contribution in [2.45, 2.75) is 13.1 Å². The zero-order chi connectivity index (χ0) is 25.3. The molecule has 0 saturated carbocycles. The van der Waals surface area contributed by atoms with Gasteiger partial charge < -0.3 is 25.3 Å². The number of nitrogens with zero attached hydrogens (tertiary/aromatic N) is 2. The Bertz CT molecular complexity index is 1410. The number of aromatic amines is 1. The van der Waals surface area contributed by atoms with Crippen LogP contribution in [0.15, 0.2) is 60.9 Å². The number of alkyl halides is 3. The number of benzene rings is 2. The number of hydrogen-bond donors (Lipinski definition) is 3. The van der Waals surface area contributed by atoms with Gasteiger partial charge in [-0.1, -0.05) is 12.1 Å². The van der Waals surface area contributed by atoms with Crippen molar-refractivity contribution in [1.29, 1.82) is 0 Å². The van der Waals surface area contributed by atoms with Gasteiger partial charge in [0.25, 0.3) is 5.91 Å². The Balaban J connectivity index is 1.42. The Hall–Kier alpha value is -4.05. The molecule has 10 heteroatoms. The fraction of sp³-hybridized carbons (Fsp3) is 0.231. The van der Waals surface area contributed by atoms with E-state index in [0.717, 1.165) is 28.8 Å². The summed E-state index contributed by atoms with van der Waals surface area (Å²) in [6, 6.07) is 12.1. The predicted octanol–water partition coefficient (Wildman–Crippen LogP) is 5.72. The fourth-order valence-electron chi connectivity index (χ4n) is 4.25. The molecule has 1 amide bonds. The van der Waals surface area contributed by atoms with Crippen molar-refractivity contribution >= 4 is 39.7 Å². The number of fused-ring (bicyclic) bond motifs is 1. The van der Waals surface area contributed by atoms with Crippen molar-refractivity contribution in [1.82, 2.24) is 9.97 Å². The Labute approximate surface area is 205 Å². The Morgan fingerprint density at radius 1 is 1.08 bits per heavy atom. The van der Waals surface area contributed by atoms with Crippen LogP contribution in [0.3, 0.4) is 0 Å². The Morgan fingerprint density at radius 3 is 2.64 bits per heavy atom. The normalized spacial score (nSPS) is 14.2. The summed E-state index contributed by atoms with van der Waals surface area (Å²) in [5.41, 5.74) is 3.36. The highest BCUT2D eigenvalue weighted by Gasteiger charge is 2.30. The molecule has 1 aliphatic heterocycles. The molecule has 1 fully saturated rings. The Kier molecular flexibility index (Phi) is 6.27. The summed E-state index contributed by atoms with van der Waals surface area (Å²) >= 11 is 0. The van der Waals surface area contributed by atoms with Gasteiger partial charge in [-0.05, 0) is 48.9 Å². The molecule has 0 spiro atoms. The minimum Gasteiger partial charge on any atom is -0.378 e. The molecule has 7 nitrogen and oxygen atoms in total. The first-order valence-electron chi connectivity index (χ1n) is 11.4. The molecule has 2 aromatic carbocycles. The van der Waals surface area contributed by atoms with Crippen LogP contribution in [-0.4, -0.2) is 42.2 Å². The lowest BCUT2D eigenvalue weighted by Crippen LogP contribution is -2.37. The number of aryl methyl sites for hydroxylation is 1. The third-order valence-electron chi connectivity index (χ3n) is 6.09. The number of carbonyl (C=O) groups is 1. The maximum absolute atomic E-state index is 13.5. The molecule has 0 atom stereocenters. The first-order valence-corrected chi connectivity index (χ1v) is 11.4. The smallest absolute Gasteiger partial charge is 0.378 e. The average molecular weight is 496 g/mol. The van der Waals surface area contributed by atoms with Gasteiger partial charge in [0.15, 0.2) is 0 Å². The first-order chi connectivity index (χ1) is 17.3. The maximum atomic E-state index is 13.5. The monoisotopic (exact) mass is 495 g/mol. The highest BCUT2D eigenvalue weighted by molar-refractivity contribution is 6.12. The van der Waals surface area contributed by atoms with E-state index in [1.165, 1.54) is 6.07 Å². The van der Waals surface area contributed by atoms with Gasteiger partial charge in [-0.2, -0.15) is 13.2 Å². The van der Waals surface area contributed by atoms with E-state index in [1.807, 2.05) is 13.0 Å². The van der Waals surface area contributed by atoms with Gasteiger partial charge in [0.05, 0.1) is 30.0 Å². The molecule has 186 valence electrons. The predicted molar refractivity (Wildman–Crippen MR) is 133 cm³/mol. The van der Waals surface area contributed by atoms with Gasteiger partial charge in [0.2, 0.25) is 0 Å². The second-order valence-corrected chi connectivity index (χ2v) is 8.55. The fourth-order valence-corrected chi connectivity index (χ4v) is 4.25. The van der Waals surface area contributed by atoms with Crippen LogP contribution in [0.5, 0.6) is 0 Å². The highest BCUT2D eigenvalue weighted by Crippen LogP contribution is 2.33. The van der Waals surface area contributed by atoms with Gasteiger partial charge in [-0.3, -0.25) is 4.79 Å². The first kappa shape index (κ1) is 23.7. The molecule has 2 aromatic heterocycles. The molecule has 1 aliphatic rings. The number of morpholine rings is 1. The number of rotatable bonds is 5. The Morgan fingerprint density at radius 2 is 1.86 bits per heavy atom. The maximum Gasteiger partial charge on any atom is 0.416 e. The van der Waals surface area contributed by atoms with Crippen LogP contribution in [-0.2, 0) is 10.9 Å². The molecule has 0 radical (unpaired) electrons. The highest BCUT2D eigenvalue weighted by atomic mass is 19.4. The van der Waals surface area contributed by atoms with Gasteiger partial charge in [0, 0.05) is 47.9 Å². The largest absolute Gasteiger partial charge is 0.416 e. The van der Waals surface area contributed by atoms with E-state index in [1.54, 1.807) is 36.7 Å². The van der Waals surface area contributed by atoms with E-state index in [0.29, 0.717) is 54.6 Å². The molecule has 4 aromatic rings. The molecule has 0 aliphatic carbocycles. The van der Waals surface area contributed by atoms with Crippen LogP contribution in [0.1, 0.15) is 21.5 Å². The number of nitrogens with one attached hydrogen (secondary N) is 3. The summed E-state index contributed by atoms with van der Waals surface area (Å²) < 4.78 is 44.7. The van der Waals surface area contributed by atoms with Gasteiger partial charge >= 0.3 is 6.18 Å². The third-order valence-corrected chi connectivity index (χ3v) is 6.09. The number of pyridine rings is 1. The minimum atomic E-state index is -4.43. The molecular weight excluding hydrogens is 471 g/mol. The van der Waals surface area contributed by atoms with Crippen molar-refractivity contribution in [3.63, 3.8) is 0 Å². The standard InChI is InChI=1S/C26H24F3N5O2/c1-16-5-6-19(32-18-4-2-3-17(13-18)26(27,28)29)14-22(16)33-25(35)21-15-31-24-20(7-8-30-24)23(21)34-9-11-36-12-10-34/h2-8,13-15,32H,9-12H2,1H3,(H,30,31)(H,33,35). The number of hydrogen-bond acceptors (Lipinski definition) is 5. The number of H-pyrrole nitrogens is 1. The average Bonchev–Trinajstić information content (AvgIpc) is 3.34. The molecule has 3 heterocycles. The number of aromatic nitrogens is 2. The van der Waals surface area contributed by atoms with Crippen LogP contribution >= 0.6 is 0 Å². The summed E-state index contributed by atoms with van der Waals surface area (Å²) in [6.45, 7) is 4.29. The van der Waals surface area contributed by atoms with Crippen molar-refractivity contribution in [3.05, 3.63) is 77.6 Å². The second kappa shape index (κ2) is 9.54. The molecule has 0 bridgehead atoms. The van der Waals surface area contributed by atoms with Crippen molar-refractivity contribution < 1.29 is 22.7 Å². The molecule has 0 unspecified atom stereocenters. The van der Waals surface area contributed by atoms with E-state index in [-0.39, 0.29) is 5.91 Å². The van der Waals surface area contributed by atoms with Crippen LogP contribution in [0, 0.1) is 6.92 Å². The summed E-state index contributed by atoms with van der Waals surface area (Å²) in [4.78, 5) is 23.1. The number of anilines is 4. The van der Waals surface area contributed by atoms with E-state index in [2.05, 4.69) is 25.5 Å². The zero-order valence-electron chi connectivity index (χ0n) is 19.4. The van der Waals surface area contributed by atoms with Crippen LogP contribution in [0.4, 0.5) is 35.9 Å². The lowest BCUT2D eigenvalue weighted by molar-refractivity contribution is -0.137. The van der Waals surface area contributed by atoms with Crippen LogP contribution < -0.4 is 15.5 Å². The summed E-state index contributed by atoms with van der Waals surface area (Å²) in [6.07, 6.45) is -1.09. The number of ether oxygens (including phenoxy) is 1. The van der Waals surface area contributed by atoms with Crippen LogP contribution in [0.25, 0.3) is 11.0 Å². The van der Waals surface area contributed by atoms with E-state index in [9.17, 15) is 18.0 Å². The van der Waals surface area contributed by atoms with Gasteiger partial charge in [-0.25, -0.2) is 4.98 Å². The lowest BCUT2D eigenvalue weighted by Gasteiger charge is -2.30. The molecule has 1 saturated heterocycles. The summed E-state index contributed by atoms with van der Waals surface area (Å²) in [7, 11) is 0. The minimum absolute atomic E-state index is 0.294. The SMILES string of the molecule is Cc1ccc(Nc2cccc(C(F)(F)F)c2)cc1NC(=O)c1cnc2[nH]ccc2c1N1CCOCC1. The molecule has 36 heavy (non-hydrogen) atoms. The molecule has 5 rings (SSSR count). The van der Waals surface area contributed by atoms with Crippen LogP contribution in [0.2, 0.25) is 0 Å².